The summed E-state index contributed by atoms with van der Waals surface area (Å²) in [4.78, 5) is 5.94. The van der Waals surface area contributed by atoms with Gasteiger partial charge in [0.25, 0.3) is 0 Å². The maximum Gasteiger partial charge on any atom is 0.178 e. The quantitative estimate of drug-likeness (QED) is 0.536. The van der Waals surface area contributed by atoms with Crippen LogP contribution in [0.5, 0.6) is 0 Å². The van der Waals surface area contributed by atoms with E-state index in [0.29, 0.717) is 11.0 Å². The van der Waals surface area contributed by atoms with Crippen molar-refractivity contribution >= 4 is 23.8 Å². The molecule has 0 fully saturated rings. The van der Waals surface area contributed by atoms with Gasteiger partial charge in [0.2, 0.25) is 0 Å². The van der Waals surface area contributed by atoms with Crippen LogP contribution in [0.4, 0.5) is 5.82 Å². The Hall–Kier alpha value is -1.16. The third-order valence-electron chi connectivity index (χ3n) is 1.34. The minimum absolute atomic E-state index is 0.390. The number of hydrogen-bond donors (Lipinski definition) is 0. The molecule has 0 spiro atoms. The van der Waals surface area contributed by atoms with Crippen LogP contribution in [-0.2, 0) is 0 Å². The monoisotopic (exact) mass is 198 g/mol. The van der Waals surface area contributed by atoms with Crippen LogP contribution in [0, 0.1) is 6.92 Å². The van der Waals surface area contributed by atoms with Crippen LogP contribution >= 0.6 is 11.6 Å². The van der Waals surface area contributed by atoms with Crippen LogP contribution in [0.3, 0.4) is 0 Å². The van der Waals surface area contributed by atoms with Gasteiger partial charge < -0.3 is 4.90 Å². The summed E-state index contributed by atoms with van der Waals surface area (Å²) in [5, 5.41) is 7.93. The van der Waals surface area contributed by atoms with E-state index >= 15 is 0 Å². The smallest absolute Gasteiger partial charge is 0.178 e. The first-order chi connectivity index (χ1) is 6.09. The van der Waals surface area contributed by atoms with E-state index in [0.717, 1.165) is 5.56 Å². The first-order valence-electron chi connectivity index (χ1n) is 3.80. The standard InChI is InChI=1S/C8H11ClN4/c1-6-4-7(9)11-12-8(6)10-5-13(2)3/h4-5H,1-3H3. The largest absolute Gasteiger partial charge is 0.369 e. The zero-order valence-corrected chi connectivity index (χ0v) is 8.58. The Morgan fingerprint density at radius 3 is 2.69 bits per heavy atom. The summed E-state index contributed by atoms with van der Waals surface area (Å²) in [6.07, 6.45) is 1.67. The van der Waals surface area contributed by atoms with Crippen LogP contribution < -0.4 is 0 Å². The molecule has 0 saturated carbocycles. The zero-order chi connectivity index (χ0) is 9.84. The molecule has 1 rings (SSSR count). The topological polar surface area (TPSA) is 41.4 Å². The molecule has 0 aliphatic rings. The molecular weight excluding hydrogens is 188 g/mol. The highest BCUT2D eigenvalue weighted by atomic mass is 35.5. The van der Waals surface area contributed by atoms with E-state index < -0.39 is 0 Å². The highest BCUT2D eigenvalue weighted by Crippen LogP contribution is 2.15. The van der Waals surface area contributed by atoms with E-state index in [-0.39, 0.29) is 0 Å². The van der Waals surface area contributed by atoms with E-state index in [2.05, 4.69) is 15.2 Å². The second-order valence-corrected chi connectivity index (χ2v) is 3.27. The Labute approximate surface area is 82.3 Å². The number of nitrogens with zero attached hydrogens (tertiary/aromatic N) is 4. The lowest BCUT2D eigenvalue weighted by Crippen LogP contribution is -2.07. The summed E-state index contributed by atoms with van der Waals surface area (Å²) in [7, 11) is 3.78. The predicted octanol–water partition coefficient (Wildman–Crippen LogP) is 1.66. The van der Waals surface area contributed by atoms with Gasteiger partial charge in [-0.05, 0) is 18.6 Å². The van der Waals surface area contributed by atoms with Crippen LogP contribution in [0.25, 0.3) is 0 Å². The van der Waals surface area contributed by atoms with Crippen LogP contribution in [0.2, 0.25) is 5.15 Å². The van der Waals surface area contributed by atoms with E-state index in [1.807, 2.05) is 25.9 Å². The molecule has 0 aromatic carbocycles. The Kier molecular flexibility index (Phi) is 3.19. The summed E-state index contributed by atoms with van der Waals surface area (Å²) in [6.45, 7) is 1.89. The average molecular weight is 199 g/mol. The molecule has 1 aromatic rings. The Bertz CT molecular complexity index is 322. The van der Waals surface area contributed by atoms with Crippen molar-refractivity contribution in [2.24, 2.45) is 4.99 Å². The van der Waals surface area contributed by atoms with Crippen molar-refractivity contribution in [2.45, 2.75) is 6.92 Å². The zero-order valence-electron chi connectivity index (χ0n) is 7.82. The average Bonchev–Trinajstić information content (AvgIpc) is 2.02. The Morgan fingerprint density at radius 1 is 1.46 bits per heavy atom. The SMILES string of the molecule is Cc1cc(Cl)nnc1N=CN(C)C. The van der Waals surface area contributed by atoms with Gasteiger partial charge in [-0.15, -0.1) is 10.2 Å². The van der Waals surface area contributed by atoms with Crippen LogP contribution in [0.15, 0.2) is 11.1 Å². The van der Waals surface area contributed by atoms with Crippen molar-refractivity contribution in [3.63, 3.8) is 0 Å². The fraction of sp³-hybridized carbons (Fsp3) is 0.375. The minimum Gasteiger partial charge on any atom is -0.369 e. The Balaban J connectivity index is 2.90. The van der Waals surface area contributed by atoms with Crippen molar-refractivity contribution in [1.29, 1.82) is 0 Å². The number of aromatic nitrogens is 2. The molecule has 0 aliphatic heterocycles. The van der Waals surface area contributed by atoms with Gasteiger partial charge in [-0.25, -0.2) is 4.99 Å². The molecule has 0 unspecified atom stereocenters. The molecule has 1 aromatic heterocycles. The van der Waals surface area contributed by atoms with E-state index in [9.17, 15) is 0 Å². The van der Waals surface area contributed by atoms with Gasteiger partial charge >= 0.3 is 0 Å². The van der Waals surface area contributed by atoms with Crippen molar-refractivity contribution in [3.05, 3.63) is 16.8 Å². The number of aryl methyl sites for hydroxylation is 1. The Morgan fingerprint density at radius 2 is 2.15 bits per heavy atom. The molecule has 0 atom stereocenters. The van der Waals surface area contributed by atoms with Gasteiger partial charge in [-0.2, -0.15) is 0 Å². The van der Waals surface area contributed by atoms with Crippen LogP contribution in [0.1, 0.15) is 5.56 Å². The summed E-state index contributed by atoms with van der Waals surface area (Å²) in [6, 6.07) is 1.73. The summed E-state index contributed by atoms with van der Waals surface area (Å²) >= 11 is 5.64. The minimum atomic E-state index is 0.390. The molecule has 0 saturated heterocycles. The molecule has 0 bridgehead atoms. The van der Waals surface area contributed by atoms with Crippen molar-refractivity contribution in [2.75, 3.05) is 14.1 Å². The maximum absolute atomic E-state index is 5.64. The second-order valence-electron chi connectivity index (χ2n) is 2.88. The summed E-state index contributed by atoms with van der Waals surface area (Å²) in [5.74, 6) is 0.595. The molecule has 0 amide bonds. The first kappa shape index (κ1) is 9.92. The molecule has 1 heterocycles. The van der Waals surface area contributed by atoms with Gasteiger partial charge in [0.15, 0.2) is 11.0 Å². The number of rotatable bonds is 2. The van der Waals surface area contributed by atoms with E-state index in [1.165, 1.54) is 0 Å². The molecule has 0 radical (unpaired) electrons. The van der Waals surface area contributed by atoms with E-state index in [4.69, 9.17) is 11.6 Å². The molecule has 0 N–H and O–H groups in total. The van der Waals surface area contributed by atoms with Gasteiger partial charge in [-0.1, -0.05) is 11.6 Å². The highest BCUT2D eigenvalue weighted by molar-refractivity contribution is 6.29. The lowest BCUT2D eigenvalue weighted by Gasteiger charge is -2.02. The number of aliphatic imine (C=N–C) groups is 1. The molecule has 13 heavy (non-hydrogen) atoms. The first-order valence-corrected chi connectivity index (χ1v) is 4.18. The number of halogens is 1. The second kappa shape index (κ2) is 4.18. The highest BCUT2D eigenvalue weighted by Gasteiger charge is 1.98. The van der Waals surface area contributed by atoms with Crippen molar-refractivity contribution in [3.8, 4) is 0 Å². The third-order valence-corrected chi connectivity index (χ3v) is 1.52. The predicted molar refractivity (Wildman–Crippen MR) is 53.6 cm³/mol. The fourth-order valence-corrected chi connectivity index (χ4v) is 0.945. The van der Waals surface area contributed by atoms with Crippen LogP contribution in [-0.4, -0.2) is 35.5 Å². The molecule has 0 aliphatic carbocycles. The lowest BCUT2D eigenvalue weighted by molar-refractivity contribution is 0.642. The summed E-state index contributed by atoms with van der Waals surface area (Å²) in [5.41, 5.74) is 0.915. The lowest BCUT2D eigenvalue weighted by atomic mass is 10.3. The molecule has 70 valence electrons. The normalized spacial score (nSPS) is 10.8. The van der Waals surface area contributed by atoms with Gasteiger partial charge in [0.1, 0.15) is 0 Å². The fourth-order valence-electron chi connectivity index (χ4n) is 0.744. The van der Waals surface area contributed by atoms with Gasteiger partial charge in [0.05, 0.1) is 6.34 Å². The summed E-state index contributed by atoms with van der Waals surface area (Å²) < 4.78 is 0. The van der Waals surface area contributed by atoms with Gasteiger partial charge in [-0.3, -0.25) is 0 Å². The number of hydrogen-bond acceptors (Lipinski definition) is 3. The maximum atomic E-state index is 5.64. The van der Waals surface area contributed by atoms with E-state index in [1.54, 1.807) is 12.4 Å². The third kappa shape index (κ3) is 2.99. The molecule has 4 nitrogen and oxygen atoms in total. The molecule has 5 heteroatoms. The van der Waals surface area contributed by atoms with Crippen molar-refractivity contribution < 1.29 is 0 Å². The van der Waals surface area contributed by atoms with Crippen molar-refractivity contribution in [1.82, 2.24) is 15.1 Å². The van der Waals surface area contributed by atoms with Gasteiger partial charge in [0, 0.05) is 14.1 Å². The molecular formula is C8H11ClN4.